The maximum absolute atomic E-state index is 13.9. The van der Waals surface area contributed by atoms with Gasteiger partial charge in [0.15, 0.2) is 0 Å². The predicted octanol–water partition coefficient (Wildman–Crippen LogP) is 3.56. The molecule has 0 spiro atoms. The zero-order valence-electron chi connectivity index (χ0n) is 12.9. The molecule has 2 heterocycles. The number of aromatic nitrogens is 2. The van der Waals surface area contributed by atoms with Crippen molar-refractivity contribution >= 4 is 35.0 Å². The van der Waals surface area contributed by atoms with E-state index in [9.17, 15) is 9.18 Å². The van der Waals surface area contributed by atoms with Crippen molar-refractivity contribution in [2.75, 3.05) is 18.1 Å². The van der Waals surface area contributed by atoms with Crippen molar-refractivity contribution in [1.82, 2.24) is 10.2 Å². The molecule has 1 aromatic carbocycles. The van der Waals surface area contributed by atoms with Crippen LogP contribution in [0, 0.1) is 11.2 Å². The normalized spacial score (nSPS) is 20.2. The van der Waals surface area contributed by atoms with Crippen LogP contribution in [0.2, 0.25) is 5.02 Å². The zero-order chi connectivity index (χ0) is 17.3. The van der Waals surface area contributed by atoms with Gasteiger partial charge in [-0.05, 0) is 37.6 Å². The molecule has 0 saturated carbocycles. The van der Waals surface area contributed by atoms with Gasteiger partial charge in [0.2, 0.25) is 0 Å². The number of nitrogens with zero attached hydrogens (tertiary/aromatic N) is 2. The minimum Gasteiger partial charge on any atom is -0.465 e. The summed E-state index contributed by atoms with van der Waals surface area (Å²) in [7, 11) is 0. The number of halogens is 2. The zero-order valence-corrected chi connectivity index (χ0v) is 14.5. The molecule has 1 saturated heterocycles. The van der Waals surface area contributed by atoms with Crippen molar-refractivity contribution < 1.29 is 13.9 Å². The van der Waals surface area contributed by atoms with Crippen LogP contribution in [0.3, 0.4) is 0 Å². The maximum Gasteiger partial charge on any atom is 0.312 e. The maximum atomic E-state index is 13.9. The van der Waals surface area contributed by atoms with Crippen molar-refractivity contribution in [1.29, 1.82) is 0 Å². The Balaban J connectivity index is 1.80. The summed E-state index contributed by atoms with van der Waals surface area (Å²) < 4.78 is 18.9. The number of thioether (sulfide) groups is 1. The van der Waals surface area contributed by atoms with Crippen LogP contribution in [0.1, 0.15) is 13.3 Å². The van der Waals surface area contributed by atoms with Gasteiger partial charge < -0.3 is 10.5 Å². The predicted molar refractivity (Wildman–Crippen MR) is 91.3 cm³/mol. The van der Waals surface area contributed by atoms with E-state index in [2.05, 4.69) is 10.2 Å². The van der Waals surface area contributed by atoms with Gasteiger partial charge >= 0.3 is 5.97 Å². The lowest BCUT2D eigenvalue weighted by atomic mass is 9.92. The van der Waals surface area contributed by atoms with E-state index in [4.69, 9.17) is 22.1 Å². The smallest absolute Gasteiger partial charge is 0.312 e. The highest BCUT2D eigenvalue weighted by molar-refractivity contribution is 7.99. The van der Waals surface area contributed by atoms with E-state index in [1.54, 1.807) is 6.07 Å². The number of ether oxygens (including phenoxy) is 1. The summed E-state index contributed by atoms with van der Waals surface area (Å²) in [5.41, 5.74) is 6.39. The largest absolute Gasteiger partial charge is 0.465 e. The standard InChI is InChI=1S/C16H15ClFN3O2S/c1-16(4-5-23-15(16)22)8-24-14-12(19)7-13(20-21-14)10-6-9(17)2-3-11(10)18/h2-3,6-7H,4-5,8H2,1H3,(H2,19,20). The van der Waals surface area contributed by atoms with Gasteiger partial charge in [-0.15, -0.1) is 22.0 Å². The first-order chi connectivity index (χ1) is 11.4. The third kappa shape index (κ3) is 3.32. The first-order valence-corrected chi connectivity index (χ1v) is 8.64. The van der Waals surface area contributed by atoms with Crippen LogP contribution in [0.15, 0.2) is 29.3 Å². The number of hydrogen-bond donors (Lipinski definition) is 1. The van der Waals surface area contributed by atoms with Crippen molar-refractivity contribution in [2.45, 2.75) is 18.4 Å². The molecule has 0 amide bonds. The topological polar surface area (TPSA) is 78.1 Å². The quantitative estimate of drug-likeness (QED) is 0.657. The molecule has 1 atom stereocenters. The molecule has 24 heavy (non-hydrogen) atoms. The van der Waals surface area contributed by atoms with Crippen LogP contribution in [-0.4, -0.2) is 28.5 Å². The van der Waals surface area contributed by atoms with Gasteiger partial charge in [-0.1, -0.05) is 11.6 Å². The average molecular weight is 368 g/mol. The average Bonchev–Trinajstić information content (AvgIpc) is 2.88. The number of nitrogen functional groups attached to an aromatic ring is 1. The molecule has 3 rings (SSSR count). The SMILES string of the molecule is CC1(CSc2nnc(-c3cc(Cl)ccc3F)cc2N)CCOC1=O. The Morgan fingerprint density at radius 1 is 1.42 bits per heavy atom. The molecular formula is C16H15ClFN3O2S. The lowest BCUT2D eigenvalue weighted by molar-refractivity contribution is -0.144. The molecule has 1 fully saturated rings. The number of cyclic esters (lactones) is 1. The number of hydrogen-bond acceptors (Lipinski definition) is 6. The van der Waals surface area contributed by atoms with Crippen molar-refractivity contribution in [2.24, 2.45) is 5.41 Å². The molecule has 2 aromatic rings. The van der Waals surface area contributed by atoms with Crippen LogP contribution in [0.5, 0.6) is 0 Å². The molecule has 8 heteroatoms. The first-order valence-electron chi connectivity index (χ1n) is 7.28. The fourth-order valence-electron chi connectivity index (χ4n) is 2.34. The Labute approximate surface area is 147 Å². The van der Waals surface area contributed by atoms with E-state index < -0.39 is 11.2 Å². The number of esters is 1. The summed E-state index contributed by atoms with van der Waals surface area (Å²) in [4.78, 5) is 11.8. The third-order valence-electron chi connectivity index (χ3n) is 3.90. The Bertz CT molecular complexity index is 805. The molecule has 1 aromatic heterocycles. The van der Waals surface area contributed by atoms with Crippen LogP contribution in [0.25, 0.3) is 11.3 Å². The van der Waals surface area contributed by atoms with Gasteiger partial charge in [0, 0.05) is 16.3 Å². The Morgan fingerprint density at radius 3 is 2.88 bits per heavy atom. The molecule has 1 unspecified atom stereocenters. The molecular weight excluding hydrogens is 353 g/mol. The highest BCUT2D eigenvalue weighted by Gasteiger charge is 2.40. The monoisotopic (exact) mass is 367 g/mol. The molecule has 0 radical (unpaired) electrons. The summed E-state index contributed by atoms with van der Waals surface area (Å²) in [5, 5.41) is 9.00. The summed E-state index contributed by atoms with van der Waals surface area (Å²) in [6, 6.07) is 5.76. The molecule has 126 valence electrons. The molecule has 1 aliphatic heterocycles. The van der Waals surface area contributed by atoms with E-state index in [0.717, 1.165) is 0 Å². The van der Waals surface area contributed by atoms with Gasteiger partial charge in [0.1, 0.15) is 10.8 Å². The highest BCUT2D eigenvalue weighted by Crippen LogP contribution is 2.37. The number of benzene rings is 1. The minimum atomic E-state index is -0.545. The number of carbonyl (C=O) groups excluding carboxylic acids is 1. The van der Waals surface area contributed by atoms with Gasteiger partial charge in [0.25, 0.3) is 0 Å². The first kappa shape index (κ1) is 17.0. The second-order valence-electron chi connectivity index (χ2n) is 5.85. The van der Waals surface area contributed by atoms with Crippen LogP contribution >= 0.6 is 23.4 Å². The second kappa shape index (κ2) is 6.57. The minimum absolute atomic E-state index is 0.209. The van der Waals surface area contributed by atoms with Gasteiger partial charge in [0.05, 0.1) is 23.4 Å². The summed E-state index contributed by atoms with van der Waals surface area (Å²) >= 11 is 7.23. The van der Waals surface area contributed by atoms with E-state index in [1.807, 2.05) is 6.92 Å². The number of rotatable bonds is 4. The fraction of sp³-hybridized carbons (Fsp3) is 0.312. The molecule has 0 bridgehead atoms. The summed E-state index contributed by atoms with van der Waals surface area (Å²) in [6.07, 6.45) is 0.665. The fourth-order valence-corrected chi connectivity index (χ4v) is 3.55. The molecule has 5 nitrogen and oxygen atoms in total. The number of carbonyl (C=O) groups is 1. The molecule has 1 aliphatic rings. The lowest BCUT2D eigenvalue weighted by Gasteiger charge is -2.17. The third-order valence-corrected chi connectivity index (χ3v) is 5.51. The summed E-state index contributed by atoms with van der Waals surface area (Å²) in [6.45, 7) is 2.29. The molecule has 2 N–H and O–H groups in total. The van der Waals surface area contributed by atoms with Crippen molar-refractivity contribution in [3.8, 4) is 11.3 Å². The summed E-state index contributed by atoms with van der Waals surface area (Å²) in [5.74, 6) is -0.163. The van der Waals surface area contributed by atoms with E-state index >= 15 is 0 Å². The van der Waals surface area contributed by atoms with Gasteiger partial charge in [-0.3, -0.25) is 4.79 Å². The Morgan fingerprint density at radius 2 is 2.21 bits per heavy atom. The van der Waals surface area contributed by atoms with E-state index in [-0.39, 0.29) is 11.5 Å². The second-order valence-corrected chi connectivity index (χ2v) is 7.25. The Kier molecular flexibility index (Phi) is 4.64. The van der Waals surface area contributed by atoms with Crippen LogP contribution in [0.4, 0.5) is 10.1 Å². The van der Waals surface area contributed by atoms with Crippen LogP contribution in [-0.2, 0) is 9.53 Å². The molecule has 0 aliphatic carbocycles. The van der Waals surface area contributed by atoms with Crippen molar-refractivity contribution in [3.05, 3.63) is 35.1 Å². The van der Waals surface area contributed by atoms with Crippen LogP contribution < -0.4 is 5.73 Å². The lowest BCUT2D eigenvalue weighted by Crippen LogP contribution is -2.25. The van der Waals surface area contributed by atoms with E-state index in [1.165, 1.54) is 30.0 Å². The van der Waals surface area contributed by atoms with E-state index in [0.29, 0.717) is 40.2 Å². The van der Waals surface area contributed by atoms with Crippen molar-refractivity contribution in [3.63, 3.8) is 0 Å². The number of nitrogens with two attached hydrogens (primary N) is 1. The van der Waals surface area contributed by atoms with Gasteiger partial charge in [-0.25, -0.2) is 4.39 Å². The highest BCUT2D eigenvalue weighted by atomic mass is 35.5. The number of anilines is 1. The van der Waals surface area contributed by atoms with Gasteiger partial charge in [-0.2, -0.15) is 0 Å². The Hall–Kier alpha value is -1.86.